The summed E-state index contributed by atoms with van der Waals surface area (Å²) in [7, 11) is 0. The molecule has 0 fully saturated rings. The van der Waals surface area contributed by atoms with Gasteiger partial charge in [-0.1, -0.05) is 31.5 Å². The minimum atomic E-state index is -0.604. The highest BCUT2D eigenvalue weighted by Crippen LogP contribution is 2.21. The van der Waals surface area contributed by atoms with E-state index in [1.54, 1.807) is 0 Å². The average molecular weight is 287 g/mol. The number of hydrogen-bond donors (Lipinski definition) is 2. The van der Waals surface area contributed by atoms with Crippen molar-refractivity contribution in [3.63, 3.8) is 0 Å². The van der Waals surface area contributed by atoms with E-state index in [-0.39, 0.29) is 10.6 Å². The van der Waals surface area contributed by atoms with Crippen LogP contribution in [-0.4, -0.2) is 18.0 Å². The van der Waals surface area contributed by atoms with Gasteiger partial charge in [0.05, 0.1) is 10.6 Å². The Kier molecular flexibility index (Phi) is 5.32. The third kappa shape index (κ3) is 4.18. The molecule has 0 bridgehead atoms. The van der Waals surface area contributed by atoms with Crippen LogP contribution in [0.15, 0.2) is 18.2 Å². The summed E-state index contributed by atoms with van der Waals surface area (Å²) in [6.45, 7) is 6.28. The van der Waals surface area contributed by atoms with Crippen LogP contribution >= 0.6 is 11.6 Å². The lowest BCUT2D eigenvalue weighted by atomic mass is 9.90. The number of nitrogens with two attached hydrogens (primary N) is 1. The van der Waals surface area contributed by atoms with E-state index in [4.69, 9.17) is 17.3 Å². The standard InChI is InChI=1S/C14H20ClFN2O/c1-9(2)7-14(3,8-17)18-13(19)10-5-4-6-11(16)12(10)15/h4-6,9H,7-8,17H2,1-3H3,(H,18,19). The summed E-state index contributed by atoms with van der Waals surface area (Å²) in [6.07, 6.45) is 0.738. The molecule has 1 atom stereocenters. The molecular formula is C14H20ClFN2O. The first-order valence-electron chi connectivity index (χ1n) is 6.25. The quantitative estimate of drug-likeness (QED) is 0.874. The summed E-state index contributed by atoms with van der Waals surface area (Å²) in [5.74, 6) is -0.623. The lowest BCUT2D eigenvalue weighted by molar-refractivity contribution is 0.0898. The van der Waals surface area contributed by atoms with Gasteiger partial charge in [-0.05, 0) is 31.4 Å². The molecule has 1 aromatic rings. The maximum atomic E-state index is 13.3. The SMILES string of the molecule is CC(C)CC(C)(CN)NC(=O)c1cccc(F)c1Cl. The smallest absolute Gasteiger partial charge is 0.253 e. The van der Waals surface area contributed by atoms with Crippen molar-refractivity contribution >= 4 is 17.5 Å². The van der Waals surface area contributed by atoms with Crippen LogP contribution in [0.25, 0.3) is 0 Å². The van der Waals surface area contributed by atoms with Gasteiger partial charge in [-0.25, -0.2) is 4.39 Å². The molecule has 5 heteroatoms. The topological polar surface area (TPSA) is 55.1 Å². The van der Waals surface area contributed by atoms with E-state index < -0.39 is 17.3 Å². The number of halogens is 2. The van der Waals surface area contributed by atoms with Crippen LogP contribution in [0.5, 0.6) is 0 Å². The molecule has 106 valence electrons. The number of carbonyl (C=O) groups excluding carboxylic acids is 1. The van der Waals surface area contributed by atoms with Crippen molar-refractivity contribution in [2.45, 2.75) is 32.7 Å². The predicted molar refractivity (Wildman–Crippen MR) is 75.8 cm³/mol. The molecule has 1 amide bonds. The molecule has 1 unspecified atom stereocenters. The lowest BCUT2D eigenvalue weighted by Crippen LogP contribution is -2.52. The fourth-order valence-electron chi connectivity index (χ4n) is 2.11. The molecule has 0 radical (unpaired) electrons. The number of hydrogen-bond acceptors (Lipinski definition) is 2. The Balaban J connectivity index is 2.92. The summed E-state index contributed by atoms with van der Waals surface area (Å²) in [5.41, 5.74) is 5.33. The minimum Gasteiger partial charge on any atom is -0.346 e. The van der Waals surface area contributed by atoms with Gasteiger partial charge in [-0.3, -0.25) is 4.79 Å². The monoisotopic (exact) mass is 286 g/mol. The maximum absolute atomic E-state index is 13.3. The van der Waals surface area contributed by atoms with E-state index >= 15 is 0 Å². The summed E-state index contributed by atoms with van der Waals surface area (Å²) >= 11 is 5.80. The van der Waals surface area contributed by atoms with Crippen LogP contribution in [0.2, 0.25) is 5.02 Å². The summed E-state index contributed by atoms with van der Waals surface area (Å²) in [5, 5.41) is 2.68. The third-order valence-corrected chi connectivity index (χ3v) is 3.30. The van der Waals surface area contributed by atoms with Gasteiger partial charge in [-0.2, -0.15) is 0 Å². The Hall–Kier alpha value is -1.13. The zero-order valence-electron chi connectivity index (χ0n) is 11.5. The normalized spacial score (nSPS) is 14.3. The number of carbonyl (C=O) groups is 1. The van der Waals surface area contributed by atoms with Gasteiger partial charge in [0.2, 0.25) is 0 Å². The van der Waals surface area contributed by atoms with Gasteiger partial charge in [-0.15, -0.1) is 0 Å². The van der Waals surface area contributed by atoms with Gasteiger partial charge in [0.15, 0.2) is 0 Å². The molecule has 3 N–H and O–H groups in total. The zero-order valence-corrected chi connectivity index (χ0v) is 12.2. The third-order valence-electron chi connectivity index (χ3n) is 2.92. The van der Waals surface area contributed by atoms with Crippen LogP contribution in [0.4, 0.5) is 4.39 Å². The van der Waals surface area contributed by atoms with Crippen molar-refractivity contribution in [2.24, 2.45) is 11.7 Å². The van der Waals surface area contributed by atoms with Gasteiger partial charge in [0.25, 0.3) is 5.91 Å². The first-order chi connectivity index (χ1) is 8.79. The van der Waals surface area contributed by atoms with E-state index in [1.807, 2.05) is 6.92 Å². The van der Waals surface area contributed by atoms with Gasteiger partial charge < -0.3 is 11.1 Å². The van der Waals surface area contributed by atoms with Crippen LogP contribution in [0, 0.1) is 11.7 Å². The molecule has 0 aliphatic heterocycles. The fraction of sp³-hybridized carbons (Fsp3) is 0.500. The summed E-state index contributed by atoms with van der Waals surface area (Å²) in [6, 6.07) is 4.17. The molecule has 1 rings (SSSR count). The zero-order chi connectivity index (χ0) is 14.6. The molecular weight excluding hydrogens is 267 g/mol. The molecule has 0 aromatic heterocycles. The largest absolute Gasteiger partial charge is 0.346 e. The Morgan fingerprint density at radius 2 is 2.16 bits per heavy atom. The van der Waals surface area contributed by atoms with Crippen LogP contribution in [0.1, 0.15) is 37.6 Å². The molecule has 0 aliphatic carbocycles. The summed E-state index contributed by atoms with van der Waals surface area (Å²) < 4.78 is 13.3. The van der Waals surface area contributed by atoms with Crippen molar-refractivity contribution in [1.82, 2.24) is 5.32 Å². The number of rotatable bonds is 5. The highest BCUT2D eigenvalue weighted by Gasteiger charge is 2.27. The van der Waals surface area contributed by atoms with Crippen molar-refractivity contribution in [3.05, 3.63) is 34.6 Å². The van der Waals surface area contributed by atoms with E-state index in [1.165, 1.54) is 18.2 Å². The second-order valence-corrected chi connectivity index (χ2v) is 5.80. The highest BCUT2D eigenvalue weighted by molar-refractivity contribution is 6.34. The van der Waals surface area contributed by atoms with Crippen molar-refractivity contribution in [2.75, 3.05) is 6.54 Å². The lowest BCUT2D eigenvalue weighted by Gasteiger charge is -2.31. The van der Waals surface area contributed by atoms with Crippen LogP contribution < -0.4 is 11.1 Å². The van der Waals surface area contributed by atoms with E-state index in [9.17, 15) is 9.18 Å². The second-order valence-electron chi connectivity index (χ2n) is 5.42. The average Bonchev–Trinajstić information content (AvgIpc) is 2.31. The number of amides is 1. The summed E-state index contributed by atoms with van der Waals surface area (Å²) in [4.78, 5) is 12.2. The molecule has 0 aliphatic rings. The van der Waals surface area contributed by atoms with E-state index in [0.717, 1.165) is 6.42 Å². The Morgan fingerprint density at radius 1 is 1.53 bits per heavy atom. The molecule has 0 saturated heterocycles. The maximum Gasteiger partial charge on any atom is 0.253 e. The molecule has 0 heterocycles. The Labute approximate surface area is 118 Å². The number of nitrogens with one attached hydrogen (secondary N) is 1. The van der Waals surface area contributed by atoms with Crippen LogP contribution in [-0.2, 0) is 0 Å². The minimum absolute atomic E-state index is 0.130. The van der Waals surface area contributed by atoms with Crippen molar-refractivity contribution < 1.29 is 9.18 Å². The van der Waals surface area contributed by atoms with E-state index in [2.05, 4.69) is 19.2 Å². The van der Waals surface area contributed by atoms with Gasteiger partial charge in [0.1, 0.15) is 5.82 Å². The van der Waals surface area contributed by atoms with Gasteiger partial charge >= 0.3 is 0 Å². The number of benzene rings is 1. The van der Waals surface area contributed by atoms with Gasteiger partial charge in [0, 0.05) is 12.1 Å². The van der Waals surface area contributed by atoms with Crippen molar-refractivity contribution in [3.8, 4) is 0 Å². The highest BCUT2D eigenvalue weighted by atomic mass is 35.5. The van der Waals surface area contributed by atoms with Crippen LogP contribution in [0.3, 0.4) is 0 Å². The first-order valence-corrected chi connectivity index (χ1v) is 6.63. The first kappa shape index (κ1) is 15.9. The van der Waals surface area contributed by atoms with Crippen molar-refractivity contribution in [1.29, 1.82) is 0 Å². The molecule has 0 spiro atoms. The molecule has 0 saturated carbocycles. The molecule has 19 heavy (non-hydrogen) atoms. The predicted octanol–water partition coefficient (Wildman–Crippen LogP) is 2.97. The Bertz CT molecular complexity index is 465. The Morgan fingerprint density at radius 3 is 2.68 bits per heavy atom. The molecule has 1 aromatic carbocycles. The second kappa shape index (κ2) is 6.35. The fourth-order valence-corrected chi connectivity index (χ4v) is 2.32. The van der Waals surface area contributed by atoms with E-state index in [0.29, 0.717) is 12.5 Å². The molecule has 3 nitrogen and oxygen atoms in total.